The molecule has 1 saturated heterocycles. The third-order valence-electron chi connectivity index (χ3n) is 14.2. The van der Waals surface area contributed by atoms with Crippen LogP contribution < -0.4 is 32.5 Å². The summed E-state index contributed by atoms with van der Waals surface area (Å²) < 4.78 is 17.6. The summed E-state index contributed by atoms with van der Waals surface area (Å²) in [4.78, 5) is 120. The topological polar surface area (TPSA) is 282 Å². The van der Waals surface area contributed by atoms with Crippen LogP contribution in [-0.4, -0.2) is 158 Å². The smallest absolute Gasteiger partial charge is 0.410 e. The number of nitrogens with one attached hydrogen (secondary N) is 5. The molecule has 1 aliphatic rings. The van der Waals surface area contributed by atoms with Gasteiger partial charge in [0.25, 0.3) is 0 Å². The van der Waals surface area contributed by atoms with Crippen LogP contribution in [0.2, 0.25) is 0 Å². The van der Waals surface area contributed by atoms with E-state index in [4.69, 9.17) is 20.1 Å². The lowest BCUT2D eigenvalue weighted by Crippen LogP contribution is -2.55. The molecular formula is C55H82N10O12S. The minimum Gasteiger partial charge on any atom is -0.445 e. The van der Waals surface area contributed by atoms with Gasteiger partial charge in [-0.3, -0.25) is 43.3 Å². The zero-order chi connectivity index (χ0) is 57.6. The minimum atomic E-state index is -1.01. The Balaban J connectivity index is 1.32. The van der Waals surface area contributed by atoms with Crippen molar-refractivity contribution in [2.75, 3.05) is 59.9 Å². The molecule has 430 valence electrons. The van der Waals surface area contributed by atoms with Crippen molar-refractivity contribution in [3.63, 3.8) is 0 Å². The highest BCUT2D eigenvalue weighted by Gasteiger charge is 2.43. The van der Waals surface area contributed by atoms with E-state index in [2.05, 4.69) is 36.4 Å². The van der Waals surface area contributed by atoms with Gasteiger partial charge in [-0.15, -0.1) is 11.3 Å². The Kier molecular flexibility index (Phi) is 26.1. The van der Waals surface area contributed by atoms with Crippen molar-refractivity contribution in [2.24, 2.45) is 29.6 Å². The predicted octanol–water partition coefficient (Wildman–Crippen LogP) is 3.96. The summed E-state index contributed by atoms with van der Waals surface area (Å²) in [5.41, 5.74) is 2.05. The van der Waals surface area contributed by atoms with E-state index in [9.17, 15) is 38.4 Å². The number of anilines is 1. The first kappa shape index (κ1) is 64.0. The number of hydrogen-bond donors (Lipinski definition) is 6. The fourth-order valence-electron chi connectivity index (χ4n) is 9.76. The monoisotopic (exact) mass is 1110 g/mol. The standard InChI is InChI=1S/C55H82N10O12S/c1-12-35(6)49(42(74-10)28-45(68)65-25-16-19-41(65)50(75-11)36(7)51(70)61-40(54-57-24-26-78-54)27-37-17-14-13-15-18-37)63(8)46(69)30-59-53(72)48(34(4)5)64(9)55(73)76-31-38-20-22-39(23-21-38)60-43(66)29-58-52(71)47(33(2)3)62-44(67)32-77-56/h13-15,17-18,20-24,26,33-36,40-42,47-50H,12,16,19,25,27-32,56H2,1-11H3,(H,58,71)(H,59,72)(H,60,66)(H,61,70)(H,62,67)/t35-,36+,40-,41-,42+,47?,48?,49-,50+/m0/s1. The second-order valence-electron chi connectivity index (χ2n) is 20.4. The fraction of sp³-hybridized carbons (Fsp3) is 0.582. The molecule has 23 heteroatoms. The number of amides is 8. The van der Waals surface area contributed by atoms with Crippen LogP contribution in [0.3, 0.4) is 0 Å². The van der Waals surface area contributed by atoms with E-state index in [0.29, 0.717) is 37.1 Å². The van der Waals surface area contributed by atoms with E-state index in [0.717, 1.165) is 17.0 Å². The predicted molar refractivity (Wildman–Crippen MR) is 294 cm³/mol. The molecule has 0 spiro atoms. The summed E-state index contributed by atoms with van der Waals surface area (Å²) in [6.07, 6.45) is 2.12. The Morgan fingerprint density at radius 1 is 0.808 bits per heavy atom. The van der Waals surface area contributed by atoms with Gasteiger partial charge in [-0.05, 0) is 60.3 Å². The number of likely N-dealkylation sites (N-methyl/N-ethyl adjacent to an activating group) is 2. The summed E-state index contributed by atoms with van der Waals surface area (Å²) in [5.74, 6) is 0.466. The third-order valence-corrected chi connectivity index (χ3v) is 15.1. The van der Waals surface area contributed by atoms with Gasteiger partial charge in [0.05, 0.1) is 55.8 Å². The van der Waals surface area contributed by atoms with E-state index in [1.165, 1.54) is 35.3 Å². The van der Waals surface area contributed by atoms with Crippen LogP contribution in [-0.2, 0) is 65.6 Å². The molecule has 1 aromatic heterocycles. The van der Waals surface area contributed by atoms with E-state index < -0.39 is 85.0 Å². The SMILES string of the molecule is CC[C@H](C)[C@@H]([C@@H](CC(=O)N1CCC[C@H]1[C@H](OC)[C@@H](C)C(=O)N[C@@H](Cc1ccccc1)c1nccs1)OC)N(C)C(=O)CNC(=O)C(C(C)C)N(C)C(=O)OCc1ccc(NC(=O)CNC(=O)C(NC(=O)CON)C(C)C)cc1. The molecule has 78 heavy (non-hydrogen) atoms. The molecule has 9 atom stereocenters. The number of carbonyl (C=O) groups excluding carboxylic acids is 8. The lowest BCUT2D eigenvalue weighted by molar-refractivity contribution is -0.146. The number of carbonyl (C=O) groups is 8. The number of hydrogen-bond acceptors (Lipinski definition) is 15. The number of methoxy groups -OCH3 is 2. The molecule has 3 aromatic rings. The van der Waals surface area contributed by atoms with Crippen molar-refractivity contribution in [2.45, 2.75) is 130 Å². The second kappa shape index (κ2) is 31.8. The normalized spacial score (nSPS) is 16.4. The summed E-state index contributed by atoms with van der Waals surface area (Å²) in [6, 6.07) is 13.1. The summed E-state index contributed by atoms with van der Waals surface area (Å²) in [5, 5.41) is 16.3. The first-order valence-electron chi connectivity index (χ1n) is 26.4. The molecule has 4 rings (SSSR count). The highest BCUT2D eigenvalue weighted by atomic mass is 32.1. The maximum atomic E-state index is 14.4. The van der Waals surface area contributed by atoms with Gasteiger partial charge in [-0.2, -0.15) is 0 Å². The molecule has 0 aliphatic carbocycles. The summed E-state index contributed by atoms with van der Waals surface area (Å²) in [6.45, 7) is 11.9. The van der Waals surface area contributed by atoms with Gasteiger partial charge in [0.2, 0.25) is 41.4 Å². The molecule has 2 unspecified atom stereocenters. The lowest BCUT2D eigenvalue weighted by Gasteiger charge is -2.39. The van der Waals surface area contributed by atoms with Gasteiger partial charge in [0.1, 0.15) is 30.3 Å². The zero-order valence-corrected chi connectivity index (χ0v) is 47.8. The van der Waals surface area contributed by atoms with Crippen LogP contribution in [0.5, 0.6) is 0 Å². The lowest BCUT2D eigenvalue weighted by atomic mass is 9.90. The Bertz CT molecular complexity index is 2410. The molecule has 0 saturated carbocycles. The molecule has 1 fully saturated rings. The molecule has 1 aliphatic heterocycles. The molecule has 2 aromatic carbocycles. The number of ether oxygens (including phenoxy) is 3. The Hall–Kier alpha value is -6.53. The largest absolute Gasteiger partial charge is 0.445 e. The average Bonchev–Trinajstić information content (AvgIpc) is 4.15. The van der Waals surface area contributed by atoms with Crippen LogP contribution in [0.4, 0.5) is 10.5 Å². The number of likely N-dealkylation sites (tertiary alicyclic amines) is 1. The highest BCUT2D eigenvalue weighted by molar-refractivity contribution is 7.09. The van der Waals surface area contributed by atoms with Gasteiger partial charge < -0.3 is 50.6 Å². The first-order chi connectivity index (χ1) is 37.1. The maximum Gasteiger partial charge on any atom is 0.410 e. The molecular weight excluding hydrogens is 1020 g/mol. The number of aromatic nitrogens is 1. The maximum absolute atomic E-state index is 14.4. The van der Waals surface area contributed by atoms with Gasteiger partial charge in [-0.1, -0.05) is 97.4 Å². The highest BCUT2D eigenvalue weighted by Crippen LogP contribution is 2.30. The van der Waals surface area contributed by atoms with E-state index >= 15 is 0 Å². The summed E-state index contributed by atoms with van der Waals surface area (Å²) >= 11 is 1.47. The minimum absolute atomic E-state index is 0.0487. The van der Waals surface area contributed by atoms with Crippen molar-refractivity contribution in [3.05, 3.63) is 82.3 Å². The molecule has 7 N–H and O–H groups in total. The average molecular weight is 1110 g/mol. The number of nitrogens with two attached hydrogens (primary N) is 1. The van der Waals surface area contributed by atoms with Crippen LogP contribution in [0, 0.1) is 23.7 Å². The number of thiazole rings is 1. The van der Waals surface area contributed by atoms with Crippen molar-refractivity contribution in [1.29, 1.82) is 0 Å². The number of rotatable bonds is 30. The molecule has 0 radical (unpaired) electrons. The second-order valence-corrected chi connectivity index (χ2v) is 21.3. The van der Waals surface area contributed by atoms with Crippen LogP contribution in [0.25, 0.3) is 0 Å². The Morgan fingerprint density at radius 2 is 1.49 bits per heavy atom. The van der Waals surface area contributed by atoms with E-state index in [1.54, 1.807) is 77.2 Å². The van der Waals surface area contributed by atoms with Gasteiger partial charge >= 0.3 is 6.09 Å². The van der Waals surface area contributed by atoms with Crippen molar-refractivity contribution in [1.82, 2.24) is 41.0 Å². The quantitative estimate of drug-likeness (QED) is 0.0516. The molecule has 22 nitrogen and oxygen atoms in total. The molecule has 0 bridgehead atoms. The van der Waals surface area contributed by atoms with Crippen molar-refractivity contribution in [3.8, 4) is 0 Å². The first-order valence-corrected chi connectivity index (χ1v) is 27.3. The molecule has 8 amide bonds. The Labute approximate surface area is 462 Å². The van der Waals surface area contributed by atoms with Crippen molar-refractivity contribution < 1.29 is 57.4 Å². The van der Waals surface area contributed by atoms with E-state index in [-0.39, 0.29) is 61.2 Å². The van der Waals surface area contributed by atoms with Crippen LogP contribution in [0.15, 0.2) is 66.2 Å². The third kappa shape index (κ3) is 18.6. The number of nitrogens with zero attached hydrogens (tertiary/aromatic N) is 4. The molecule has 2 heterocycles. The fourth-order valence-corrected chi connectivity index (χ4v) is 10.4. The number of benzene rings is 2. The van der Waals surface area contributed by atoms with E-state index in [1.807, 2.05) is 56.5 Å². The van der Waals surface area contributed by atoms with Gasteiger partial charge in [-0.25, -0.2) is 15.7 Å². The van der Waals surface area contributed by atoms with Gasteiger partial charge in [0.15, 0.2) is 0 Å². The van der Waals surface area contributed by atoms with Crippen LogP contribution in [0.1, 0.15) is 96.3 Å². The van der Waals surface area contributed by atoms with Gasteiger partial charge in [0, 0.05) is 52.1 Å². The zero-order valence-electron chi connectivity index (χ0n) is 46.9. The Morgan fingerprint density at radius 3 is 2.08 bits per heavy atom. The summed E-state index contributed by atoms with van der Waals surface area (Å²) in [7, 11) is 6.12. The van der Waals surface area contributed by atoms with Crippen molar-refractivity contribution >= 4 is 64.5 Å². The van der Waals surface area contributed by atoms with Crippen LogP contribution >= 0.6 is 11.3 Å².